The first-order valence-electron chi connectivity index (χ1n) is 9.22. The molecule has 0 aromatic heterocycles. The van der Waals surface area contributed by atoms with Gasteiger partial charge in [-0.3, -0.25) is 0 Å². The third-order valence-corrected chi connectivity index (χ3v) is 10.2. The van der Waals surface area contributed by atoms with E-state index in [1.54, 1.807) is 24.3 Å². The van der Waals surface area contributed by atoms with Gasteiger partial charge in [-0.05, 0) is 49.9 Å². The van der Waals surface area contributed by atoms with Crippen molar-refractivity contribution in [2.45, 2.75) is 60.3 Å². The van der Waals surface area contributed by atoms with Crippen molar-refractivity contribution >= 4 is 19.9 Å². The topological polar surface area (TPSA) is 80.8 Å². The van der Waals surface area contributed by atoms with Crippen LogP contribution in [0.3, 0.4) is 0 Å². The SMILES string of the molecule is COc1ccc(S(=O)(=O)C2CCN(S(=O)(=O)C3CCCCC3)CC2)cc1. The molecule has 0 radical (unpaired) electrons. The van der Waals surface area contributed by atoms with Crippen LogP contribution in [0.25, 0.3) is 0 Å². The Bertz CT molecular complexity index is 804. The van der Waals surface area contributed by atoms with Gasteiger partial charge in [0.1, 0.15) is 5.75 Å². The number of sulfonamides is 1. The van der Waals surface area contributed by atoms with E-state index in [9.17, 15) is 16.8 Å². The van der Waals surface area contributed by atoms with Gasteiger partial charge in [-0.25, -0.2) is 21.1 Å². The number of hydrogen-bond acceptors (Lipinski definition) is 5. The van der Waals surface area contributed by atoms with Crippen LogP contribution in [0.15, 0.2) is 29.2 Å². The molecule has 8 heteroatoms. The molecule has 0 amide bonds. The number of methoxy groups -OCH3 is 1. The molecule has 1 heterocycles. The fraction of sp³-hybridized carbons (Fsp3) is 0.667. The Morgan fingerprint density at radius 1 is 0.846 bits per heavy atom. The molecular formula is C18H27NO5S2. The van der Waals surface area contributed by atoms with Gasteiger partial charge in [0.15, 0.2) is 9.84 Å². The Kier molecular flexibility index (Phi) is 5.94. The van der Waals surface area contributed by atoms with Gasteiger partial charge in [0.05, 0.1) is 22.5 Å². The number of sulfone groups is 1. The van der Waals surface area contributed by atoms with Crippen LogP contribution in [0.2, 0.25) is 0 Å². The highest BCUT2D eigenvalue weighted by Gasteiger charge is 2.38. The number of nitrogens with zero attached hydrogens (tertiary/aromatic N) is 1. The molecule has 2 aliphatic rings. The van der Waals surface area contributed by atoms with Gasteiger partial charge in [-0.2, -0.15) is 0 Å². The van der Waals surface area contributed by atoms with Gasteiger partial charge in [0.25, 0.3) is 0 Å². The van der Waals surface area contributed by atoms with Gasteiger partial charge >= 0.3 is 0 Å². The van der Waals surface area contributed by atoms with Crippen molar-refractivity contribution in [3.8, 4) is 5.75 Å². The van der Waals surface area contributed by atoms with E-state index in [0.29, 0.717) is 31.7 Å². The van der Waals surface area contributed by atoms with Crippen LogP contribution < -0.4 is 4.74 Å². The molecule has 1 aromatic rings. The maximum Gasteiger partial charge on any atom is 0.216 e. The van der Waals surface area contributed by atoms with Crippen molar-refractivity contribution in [1.82, 2.24) is 4.31 Å². The summed E-state index contributed by atoms with van der Waals surface area (Å²) >= 11 is 0. The number of ether oxygens (including phenoxy) is 1. The maximum atomic E-state index is 12.8. The molecule has 1 saturated heterocycles. The largest absolute Gasteiger partial charge is 0.497 e. The highest BCUT2D eigenvalue weighted by Crippen LogP contribution is 2.31. The molecule has 2 fully saturated rings. The van der Waals surface area contributed by atoms with Crippen molar-refractivity contribution in [3.05, 3.63) is 24.3 Å². The molecule has 6 nitrogen and oxygen atoms in total. The summed E-state index contributed by atoms with van der Waals surface area (Å²) in [5.74, 6) is 0.609. The number of piperidine rings is 1. The zero-order chi connectivity index (χ0) is 18.8. The summed E-state index contributed by atoms with van der Waals surface area (Å²) in [4.78, 5) is 0.270. The number of hydrogen-bond donors (Lipinski definition) is 0. The minimum atomic E-state index is -3.46. The second-order valence-corrected chi connectivity index (χ2v) is 11.6. The van der Waals surface area contributed by atoms with Crippen LogP contribution in [0, 0.1) is 0 Å². The molecule has 3 rings (SSSR count). The van der Waals surface area contributed by atoms with E-state index in [-0.39, 0.29) is 10.1 Å². The second-order valence-electron chi connectivity index (χ2n) is 7.12. The normalized spacial score (nSPS) is 21.6. The van der Waals surface area contributed by atoms with E-state index in [4.69, 9.17) is 4.74 Å². The molecular weight excluding hydrogens is 374 g/mol. The fourth-order valence-corrected chi connectivity index (χ4v) is 7.73. The quantitative estimate of drug-likeness (QED) is 0.758. The van der Waals surface area contributed by atoms with Crippen LogP contribution in [0.5, 0.6) is 5.75 Å². The van der Waals surface area contributed by atoms with Crippen molar-refractivity contribution < 1.29 is 21.6 Å². The predicted molar refractivity (Wildman–Crippen MR) is 101 cm³/mol. The van der Waals surface area contributed by atoms with Gasteiger partial charge in [-0.1, -0.05) is 19.3 Å². The third kappa shape index (κ3) is 3.92. The molecule has 0 unspecified atom stereocenters. The fourth-order valence-electron chi connectivity index (χ4n) is 3.93. The van der Waals surface area contributed by atoms with Crippen molar-refractivity contribution in [2.75, 3.05) is 20.2 Å². The molecule has 0 atom stereocenters. The first-order chi connectivity index (χ1) is 12.4. The minimum absolute atomic E-state index is 0.270. The Balaban J connectivity index is 1.67. The van der Waals surface area contributed by atoms with E-state index in [1.807, 2.05) is 0 Å². The molecule has 0 spiro atoms. The van der Waals surface area contributed by atoms with E-state index >= 15 is 0 Å². The molecule has 26 heavy (non-hydrogen) atoms. The Morgan fingerprint density at radius 3 is 1.96 bits per heavy atom. The van der Waals surface area contributed by atoms with Gasteiger partial charge in [-0.15, -0.1) is 0 Å². The predicted octanol–water partition coefficient (Wildman–Crippen LogP) is 2.60. The lowest BCUT2D eigenvalue weighted by molar-refractivity contribution is 0.334. The first-order valence-corrected chi connectivity index (χ1v) is 12.3. The zero-order valence-electron chi connectivity index (χ0n) is 15.1. The lowest BCUT2D eigenvalue weighted by Gasteiger charge is -2.34. The average molecular weight is 402 g/mol. The summed E-state index contributed by atoms with van der Waals surface area (Å²) in [6, 6.07) is 6.38. The van der Waals surface area contributed by atoms with Crippen LogP contribution in [0.1, 0.15) is 44.9 Å². The van der Waals surface area contributed by atoms with Crippen LogP contribution in [0.4, 0.5) is 0 Å². The molecule has 0 bridgehead atoms. The van der Waals surface area contributed by atoms with E-state index in [1.165, 1.54) is 11.4 Å². The molecule has 1 aliphatic heterocycles. The highest BCUT2D eigenvalue weighted by molar-refractivity contribution is 7.92. The van der Waals surface area contributed by atoms with Gasteiger partial charge in [0, 0.05) is 13.1 Å². The monoisotopic (exact) mass is 401 g/mol. The molecule has 1 aliphatic carbocycles. The molecule has 1 aromatic carbocycles. The highest BCUT2D eigenvalue weighted by atomic mass is 32.2. The van der Waals surface area contributed by atoms with Crippen LogP contribution in [-0.2, 0) is 19.9 Å². The van der Waals surface area contributed by atoms with Gasteiger partial charge in [0.2, 0.25) is 10.0 Å². The molecule has 146 valence electrons. The molecule has 1 saturated carbocycles. The maximum absolute atomic E-state index is 12.8. The summed E-state index contributed by atoms with van der Waals surface area (Å²) in [5, 5.41) is -0.820. The second kappa shape index (κ2) is 7.86. The van der Waals surface area contributed by atoms with E-state index in [0.717, 1.165) is 32.1 Å². The van der Waals surface area contributed by atoms with Crippen molar-refractivity contribution in [1.29, 1.82) is 0 Å². The van der Waals surface area contributed by atoms with Gasteiger partial charge < -0.3 is 4.74 Å². The zero-order valence-corrected chi connectivity index (χ0v) is 16.8. The lowest BCUT2D eigenvalue weighted by Crippen LogP contribution is -2.46. The average Bonchev–Trinajstić information content (AvgIpc) is 2.69. The summed E-state index contributed by atoms with van der Waals surface area (Å²) < 4.78 is 57.9. The summed E-state index contributed by atoms with van der Waals surface area (Å²) in [6.07, 6.45) is 5.19. The Hall–Kier alpha value is -1.12. The summed E-state index contributed by atoms with van der Waals surface area (Å²) in [5.41, 5.74) is 0. The van der Waals surface area contributed by atoms with Crippen molar-refractivity contribution in [3.63, 3.8) is 0 Å². The Morgan fingerprint density at radius 2 is 1.42 bits per heavy atom. The smallest absolute Gasteiger partial charge is 0.216 e. The van der Waals surface area contributed by atoms with E-state index in [2.05, 4.69) is 0 Å². The minimum Gasteiger partial charge on any atom is -0.497 e. The van der Waals surface area contributed by atoms with Crippen LogP contribution >= 0.6 is 0 Å². The lowest BCUT2D eigenvalue weighted by atomic mass is 10.0. The van der Waals surface area contributed by atoms with E-state index < -0.39 is 25.1 Å². The summed E-state index contributed by atoms with van der Waals surface area (Å²) in [6.45, 7) is 0.581. The number of rotatable bonds is 5. The summed E-state index contributed by atoms with van der Waals surface area (Å²) in [7, 11) is -5.23. The Labute approximate surface area is 156 Å². The first kappa shape index (κ1) is 19.6. The number of benzene rings is 1. The third-order valence-electron chi connectivity index (χ3n) is 5.56. The standard InChI is InChI=1S/C18H27NO5S2/c1-24-15-7-9-16(10-8-15)25(20,21)17-11-13-19(14-12-17)26(22,23)18-5-3-2-4-6-18/h7-10,17-18H,2-6,11-14H2,1H3. The van der Waals surface area contributed by atoms with Crippen LogP contribution in [-0.4, -0.2) is 51.8 Å². The van der Waals surface area contributed by atoms with Crippen molar-refractivity contribution in [2.24, 2.45) is 0 Å². The molecule has 0 N–H and O–H groups in total.